The largest absolute Gasteiger partial charge is 0.502 e. The van der Waals surface area contributed by atoms with E-state index in [4.69, 9.17) is 50.2 Å². The fourth-order valence-electron chi connectivity index (χ4n) is 5.03. The summed E-state index contributed by atoms with van der Waals surface area (Å²) in [6, 6.07) is 22.0. The lowest BCUT2D eigenvalue weighted by molar-refractivity contribution is -0.386. The molecule has 0 saturated carbocycles. The van der Waals surface area contributed by atoms with E-state index in [0.717, 1.165) is 23.3 Å². The third kappa shape index (κ3) is 13.6. The number of H-pyrrole nitrogens is 2. The van der Waals surface area contributed by atoms with Crippen LogP contribution >= 0.6 is 23.2 Å². The summed E-state index contributed by atoms with van der Waals surface area (Å²) in [4.78, 5) is 47.0. The Hall–Kier alpha value is -7.38. The summed E-state index contributed by atoms with van der Waals surface area (Å²) in [7, 11) is 9.40. The molecule has 2 amide bonds. The van der Waals surface area contributed by atoms with Crippen LogP contribution < -0.4 is 21.9 Å². The summed E-state index contributed by atoms with van der Waals surface area (Å²) in [5.41, 5.74) is 19.0. The van der Waals surface area contributed by atoms with Crippen LogP contribution in [0.4, 0.5) is 23.0 Å². The van der Waals surface area contributed by atoms with Gasteiger partial charge < -0.3 is 32.2 Å². The molecule has 19 nitrogen and oxygen atoms in total. The molecule has 0 atom stereocenters. The van der Waals surface area contributed by atoms with E-state index in [2.05, 4.69) is 40.9 Å². The molecular weight excluding hydrogens is 821 g/mol. The van der Waals surface area contributed by atoms with Crippen molar-refractivity contribution < 1.29 is 34.4 Å². The molecule has 0 unspecified atom stereocenters. The molecule has 2 aromatic heterocycles. The van der Waals surface area contributed by atoms with E-state index in [1.807, 2.05) is 24.3 Å². The van der Waals surface area contributed by atoms with Crippen LogP contribution in [0.1, 0.15) is 56.2 Å². The highest BCUT2D eigenvalue weighted by molar-refractivity contribution is 6.75. The number of nitrogens with two attached hydrogens (primary N) is 3. The van der Waals surface area contributed by atoms with Gasteiger partial charge in [0.2, 0.25) is 0 Å². The lowest BCUT2D eigenvalue weighted by Crippen LogP contribution is -2.14. The highest BCUT2D eigenvalue weighted by atomic mass is 35.5. The average Bonchev–Trinajstić information content (AvgIpc) is 3.78. The lowest BCUT2D eigenvalue weighted by Gasteiger charge is -2.02. The van der Waals surface area contributed by atoms with Crippen molar-refractivity contribution in [2.45, 2.75) is 20.3 Å². The third-order valence-electron chi connectivity index (χ3n) is 7.64. The zero-order valence-electron chi connectivity index (χ0n) is 30.7. The molecule has 0 fully saturated rings. The number of primary amides is 2. The first-order valence-corrected chi connectivity index (χ1v) is 17.2. The summed E-state index contributed by atoms with van der Waals surface area (Å²) in [5.74, 6) is -1.60. The van der Waals surface area contributed by atoms with E-state index in [0.29, 0.717) is 45.6 Å². The summed E-state index contributed by atoms with van der Waals surface area (Å²) in [6.07, 6.45) is 2.10. The smallest absolute Gasteiger partial charge is 0.314 e. The Morgan fingerprint density at radius 3 is 1.77 bits per heavy atom. The van der Waals surface area contributed by atoms with Gasteiger partial charge in [0.05, 0.1) is 34.4 Å². The molecule has 308 valence electrons. The first-order valence-electron chi connectivity index (χ1n) is 16.4. The number of ether oxygens (including phenoxy) is 1. The molecule has 2 heterocycles. The molecule has 0 spiro atoms. The fraction of sp³-hybridized carbons (Fsp3) is 0.108. The normalized spacial score (nSPS) is 10.1. The number of nitrogens with zero attached hydrogens (tertiary/aromatic N) is 5. The van der Waals surface area contributed by atoms with Crippen molar-refractivity contribution in [3.05, 3.63) is 154 Å². The van der Waals surface area contributed by atoms with Crippen LogP contribution in [0.5, 0.6) is 17.2 Å². The zero-order valence-corrected chi connectivity index (χ0v) is 32.2. The van der Waals surface area contributed by atoms with Crippen LogP contribution in [-0.4, -0.2) is 81.1 Å². The minimum atomic E-state index is -0.713. The van der Waals surface area contributed by atoms with E-state index in [1.54, 1.807) is 24.3 Å². The summed E-state index contributed by atoms with van der Waals surface area (Å²) < 4.78 is 4.74. The molecular formula is C37H36B2Cl2N10O9. The maximum Gasteiger partial charge on any atom is 0.314 e. The number of hydrogen-bond acceptors (Lipinski definition) is 13. The van der Waals surface area contributed by atoms with Gasteiger partial charge in [-0.05, 0) is 65.2 Å². The number of carbonyl (C=O) groups excluding carboxylic acids is 2. The van der Waals surface area contributed by atoms with E-state index in [1.165, 1.54) is 37.6 Å². The zero-order chi connectivity index (χ0) is 43.8. The molecule has 10 N–H and O–H groups in total. The number of nitrogen functional groups attached to an aromatic ring is 1. The number of aromatic hydroxyl groups is 2. The topological polar surface area (TPSA) is 318 Å². The number of benzene rings is 4. The second-order valence-corrected chi connectivity index (χ2v) is 12.5. The second kappa shape index (κ2) is 23.1. The van der Waals surface area contributed by atoms with Gasteiger partial charge in [-0.25, -0.2) is 4.99 Å². The minimum absolute atomic E-state index is 0. The lowest BCUT2D eigenvalue weighted by atomic mass is 9.81. The Morgan fingerprint density at radius 1 is 0.800 bits per heavy atom. The van der Waals surface area contributed by atoms with E-state index in [9.17, 15) is 34.9 Å². The van der Waals surface area contributed by atoms with Gasteiger partial charge in [0.1, 0.15) is 16.9 Å². The van der Waals surface area contributed by atoms with Crippen molar-refractivity contribution >= 4 is 79.7 Å². The Morgan fingerprint density at radius 2 is 1.28 bits per heavy atom. The maximum absolute atomic E-state index is 11.9. The third-order valence-corrected chi connectivity index (χ3v) is 8.11. The van der Waals surface area contributed by atoms with Crippen LogP contribution in [0.2, 0.25) is 10.0 Å². The number of aromatic nitrogens is 4. The number of anilines is 1. The average molecular weight is 857 g/mol. The Balaban J connectivity index is 0.000000330. The van der Waals surface area contributed by atoms with Crippen LogP contribution in [0.15, 0.2) is 89.9 Å². The van der Waals surface area contributed by atoms with Gasteiger partial charge in [0, 0.05) is 50.6 Å². The van der Waals surface area contributed by atoms with Crippen LogP contribution in [0, 0.1) is 20.2 Å². The number of amides is 2. The summed E-state index contributed by atoms with van der Waals surface area (Å²) in [6.45, 7) is 0. The summed E-state index contributed by atoms with van der Waals surface area (Å²) >= 11 is 11.9. The Kier molecular flexibility index (Phi) is 18.8. The van der Waals surface area contributed by atoms with Crippen LogP contribution in [0.25, 0.3) is 0 Å². The number of hydrogen-bond donors (Lipinski definition) is 7. The number of carbonyl (C=O) groups is 2. The maximum atomic E-state index is 11.9. The quantitative estimate of drug-likeness (QED) is 0.0361. The fourth-order valence-corrected chi connectivity index (χ4v) is 5.45. The predicted octanol–water partition coefficient (Wildman–Crippen LogP) is 5.64. The highest BCUT2D eigenvalue weighted by Gasteiger charge is 2.19. The molecule has 4 radical (unpaired) electrons. The number of nitro groups is 2. The van der Waals surface area contributed by atoms with Gasteiger partial charge in [-0.1, -0.05) is 54.9 Å². The molecule has 0 saturated heterocycles. The predicted molar refractivity (Wildman–Crippen MR) is 229 cm³/mol. The van der Waals surface area contributed by atoms with Gasteiger partial charge in [0.25, 0.3) is 11.8 Å². The van der Waals surface area contributed by atoms with Crippen LogP contribution in [0.3, 0.4) is 0 Å². The second-order valence-electron chi connectivity index (χ2n) is 11.6. The Bertz CT molecular complexity index is 2480. The standard InChI is InChI=1S/C18H14ClN5O4.C11H11ClN4O.C7H7NO4.CH4.B2/c19-12-3-1-2-10(6-12)7-13-16(17(20)26)18(23-22-13)21-9-11-4-5-15(25)14(8-11)24(27)28;12-7-3-1-2-6(4-7)5-8-9(11(14)17)10(13)16-15-8;1-12-5-2-3-7(9)6(4-5)8(10)11;;1-2/h1-6,8-9,25H,7H2,(H2,20,26)(H,22,23);1-4H,5H2,(H2,14,17)(H3,13,15,16);2-4,9H,1H3;1H4;. The number of nitrogens with one attached hydrogen (secondary N) is 2. The number of nitro benzene ring substituents is 2. The molecule has 0 aliphatic carbocycles. The van der Waals surface area contributed by atoms with Crippen LogP contribution in [-0.2, 0) is 12.8 Å². The van der Waals surface area contributed by atoms with Crippen molar-refractivity contribution in [1.29, 1.82) is 0 Å². The molecule has 6 rings (SSSR count). The minimum Gasteiger partial charge on any atom is -0.502 e. The summed E-state index contributed by atoms with van der Waals surface area (Å²) in [5, 5.41) is 54.1. The number of aliphatic imine (C=N–C) groups is 1. The van der Waals surface area contributed by atoms with Gasteiger partial charge in [-0.2, -0.15) is 10.2 Å². The van der Waals surface area contributed by atoms with Crippen molar-refractivity contribution in [2.75, 3.05) is 12.8 Å². The molecule has 60 heavy (non-hydrogen) atoms. The van der Waals surface area contributed by atoms with Crippen molar-refractivity contribution in [1.82, 2.24) is 20.4 Å². The van der Waals surface area contributed by atoms with E-state index in [-0.39, 0.29) is 41.6 Å². The van der Waals surface area contributed by atoms with E-state index < -0.39 is 33.1 Å². The molecule has 0 aliphatic rings. The number of halogens is 2. The van der Waals surface area contributed by atoms with Crippen molar-refractivity contribution in [3.8, 4) is 17.2 Å². The highest BCUT2D eigenvalue weighted by Crippen LogP contribution is 2.30. The molecule has 6 aromatic rings. The molecule has 23 heteroatoms. The van der Waals surface area contributed by atoms with Crippen molar-refractivity contribution in [3.63, 3.8) is 0 Å². The van der Waals surface area contributed by atoms with Gasteiger partial charge >= 0.3 is 11.4 Å². The first kappa shape index (κ1) is 48.8. The van der Waals surface area contributed by atoms with Gasteiger partial charge in [-0.15, -0.1) is 0 Å². The number of phenols is 2. The Labute approximate surface area is 354 Å². The number of rotatable bonds is 11. The van der Waals surface area contributed by atoms with Gasteiger partial charge in [0.15, 0.2) is 23.1 Å². The SMILES string of the molecule is C.COc1ccc(O)c([N+](=O)[O-])c1.NC(=O)c1c(N)n[nH]c1Cc1cccc(Cl)c1.NC(=O)c1c(N=Cc2ccc(O)c([N+](=O)[O-])c2)n[nH]c1Cc1cccc(Cl)c1.[B][B]. The number of methoxy groups -OCH3 is 1. The van der Waals surface area contributed by atoms with E-state index >= 15 is 0 Å². The van der Waals surface area contributed by atoms with Gasteiger partial charge in [-0.3, -0.25) is 40.0 Å². The number of aromatic amines is 2. The van der Waals surface area contributed by atoms with Crippen molar-refractivity contribution in [2.24, 2.45) is 16.5 Å². The first-order chi connectivity index (χ1) is 28.1. The molecule has 0 bridgehead atoms. The monoisotopic (exact) mass is 856 g/mol. The molecule has 4 aromatic carbocycles. The molecule has 0 aliphatic heterocycles. The number of phenolic OH excluding ortho intramolecular Hbond substituents is 2.